The van der Waals surface area contributed by atoms with Crippen LogP contribution < -0.4 is 10.5 Å². The standard InChI is InChI=1S/C22H30N4O3S3/c1-14(2)8-18-11-16(19(31-18)32(28,29)25-21(23)27)10-17-9-15(13-30-17)12-26-7-6-24-20(26)22(3,4)5/h6-7,9,11,13-14H,8,10,12H2,1-5H3,(H3,23,25,27). The zero-order chi connectivity index (χ0) is 23.7. The first-order chi connectivity index (χ1) is 14.8. The number of urea groups is 1. The molecule has 10 heteroatoms. The van der Waals surface area contributed by atoms with Crippen LogP contribution in [-0.4, -0.2) is 24.0 Å². The van der Waals surface area contributed by atoms with Crippen molar-refractivity contribution in [3.05, 3.63) is 56.6 Å². The highest BCUT2D eigenvalue weighted by Gasteiger charge is 2.25. The van der Waals surface area contributed by atoms with Crippen molar-refractivity contribution in [2.24, 2.45) is 11.7 Å². The smallest absolute Gasteiger partial charge is 0.326 e. The number of sulfonamides is 1. The maximum atomic E-state index is 12.7. The normalized spacial score (nSPS) is 12.4. The van der Waals surface area contributed by atoms with Gasteiger partial charge in [-0.25, -0.2) is 22.9 Å². The Morgan fingerprint density at radius 2 is 1.97 bits per heavy atom. The van der Waals surface area contributed by atoms with E-state index in [0.717, 1.165) is 27.6 Å². The van der Waals surface area contributed by atoms with E-state index in [4.69, 9.17) is 5.73 Å². The molecular formula is C22H30N4O3S3. The van der Waals surface area contributed by atoms with Crippen LogP contribution in [0.1, 0.15) is 61.3 Å². The molecule has 0 aliphatic carbocycles. The Balaban J connectivity index is 1.86. The predicted octanol–water partition coefficient (Wildman–Crippen LogP) is 4.50. The SMILES string of the molecule is CC(C)Cc1cc(Cc2cc(Cn3ccnc3C(C)(C)C)cs2)c(S(=O)(=O)NC(N)=O)s1. The number of hydrogen-bond donors (Lipinski definition) is 2. The average Bonchev–Trinajstić information content (AvgIpc) is 3.34. The molecule has 174 valence electrons. The summed E-state index contributed by atoms with van der Waals surface area (Å²) in [5.74, 6) is 1.41. The Morgan fingerprint density at radius 1 is 1.25 bits per heavy atom. The maximum Gasteiger partial charge on any atom is 0.326 e. The first-order valence-electron chi connectivity index (χ1n) is 10.4. The molecule has 0 aliphatic heterocycles. The van der Waals surface area contributed by atoms with Crippen molar-refractivity contribution in [3.8, 4) is 0 Å². The molecule has 0 bridgehead atoms. The Bertz CT molecular complexity index is 1200. The zero-order valence-corrected chi connectivity index (χ0v) is 21.5. The molecule has 3 N–H and O–H groups in total. The van der Waals surface area contributed by atoms with Crippen molar-refractivity contribution < 1.29 is 13.2 Å². The third-order valence-electron chi connectivity index (χ3n) is 4.72. The summed E-state index contributed by atoms with van der Waals surface area (Å²) in [5, 5.41) is 2.10. The number of aromatic nitrogens is 2. The monoisotopic (exact) mass is 494 g/mol. The van der Waals surface area contributed by atoms with E-state index in [-0.39, 0.29) is 9.62 Å². The fourth-order valence-corrected chi connectivity index (χ4v) is 7.31. The summed E-state index contributed by atoms with van der Waals surface area (Å²) in [5.41, 5.74) is 6.86. The number of hydrogen-bond acceptors (Lipinski definition) is 6. The van der Waals surface area contributed by atoms with E-state index in [9.17, 15) is 13.2 Å². The highest BCUT2D eigenvalue weighted by molar-refractivity contribution is 7.92. The number of nitrogens with zero attached hydrogens (tertiary/aromatic N) is 2. The molecule has 3 aromatic rings. The van der Waals surface area contributed by atoms with Crippen LogP contribution in [0.4, 0.5) is 4.79 Å². The first-order valence-corrected chi connectivity index (χ1v) is 13.5. The second-order valence-corrected chi connectivity index (χ2v) is 13.3. The number of amides is 2. The highest BCUT2D eigenvalue weighted by Crippen LogP contribution is 2.32. The van der Waals surface area contributed by atoms with Gasteiger partial charge in [-0.05, 0) is 41.0 Å². The summed E-state index contributed by atoms with van der Waals surface area (Å²) in [6.45, 7) is 11.3. The summed E-state index contributed by atoms with van der Waals surface area (Å²) in [6.07, 6.45) is 5.05. The minimum Gasteiger partial charge on any atom is -0.351 e. The quantitative estimate of drug-likeness (QED) is 0.481. The van der Waals surface area contributed by atoms with E-state index < -0.39 is 16.1 Å². The molecule has 3 rings (SSSR count). The fourth-order valence-electron chi connectivity index (χ4n) is 3.57. The molecule has 0 unspecified atom stereocenters. The molecule has 0 radical (unpaired) electrons. The van der Waals surface area contributed by atoms with Crippen LogP contribution in [0, 0.1) is 5.92 Å². The van der Waals surface area contributed by atoms with Crippen LogP contribution in [0.2, 0.25) is 0 Å². The molecule has 3 aromatic heterocycles. The van der Waals surface area contributed by atoms with Gasteiger partial charge in [0.1, 0.15) is 10.0 Å². The molecule has 0 spiro atoms. The minimum atomic E-state index is -4.00. The van der Waals surface area contributed by atoms with Crippen LogP contribution >= 0.6 is 22.7 Å². The van der Waals surface area contributed by atoms with Gasteiger partial charge in [0.2, 0.25) is 0 Å². The van der Waals surface area contributed by atoms with Crippen molar-refractivity contribution in [3.63, 3.8) is 0 Å². The number of thiophene rings is 2. The van der Waals surface area contributed by atoms with Crippen molar-refractivity contribution in [1.29, 1.82) is 0 Å². The summed E-state index contributed by atoms with van der Waals surface area (Å²) in [7, 11) is -4.00. The van der Waals surface area contributed by atoms with Crippen LogP contribution in [-0.2, 0) is 34.8 Å². The summed E-state index contributed by atoms with van der Waals surface area (Å²) < 4.78 is 29.6. The number of imidazole rings is 1. The maximum absolute atomic E-state index is 12.7. The van der Waals surface area contributed by atoms with E-state index >= 15 is 0 Å². The molecule has 0 saturated heterocycles. The molecule has 0 atom stereocenters. The molecule has 0 fully saturated rings. The average molecular weight is 495 g/mol. The number of nitrogens with two attached hydrogens (primary N) is 1. The molecule has 32 heavy (non-hydrogen) atoms. The molecule has 0 aliphatic rings. The zero-order valence-electron chi connectivity index (χ0n) is 19.0. The van der Waals surface area contributed by atoms with E-state index in [1.807, 2.05) is 23.2 Å². The lowest BCUT2D eigenvalue weighted by atomic mass is 9.95. The van der Waals surface area contributed by atoms with E-state index in [0.29, 0.717) is 24.4 Å². The first kappa shape index (κ1) is 24.5. The van der Waals surface area contributed by atoms with Gasteiger partial charge in [0.15, 0.2) is 0 Å². The van der Waals surface area contributed by atoms with Gasteiger partial charge in [-0.15, -0.1) is 22.7 Å². The lowest BCUT2D eigenvalue weighted by molar-refractivity contribution is 0.253. The summed E-state index contributed by atoms with van der Waals surface area (Å²) in [4.78, 5) is 17.8. The van der Waals surface area contributed by atoms with Crippen LogP contribution in [0.25, 0.3) is 0 Å². The molecular weight excluding hydrogens is 464 g/mol. The largest absolute Gasteiger partial charge is 0.351 e. The highest BCUT2D eigenvalue weighted by atomic mass is 32.2. The number of carbonyl (C=O) groups is 1. The third kappa shape index (κ3) is 5.99. The molecule has 0 saturated carbocycles. The minimum absolute atomic E-state index is 0.0530. The predicted molar refractivity (Wildman–Crippen MR) is 130 cm³/mol. The van der Waals surface area contributed by atoms with Crippen LogP contribution in [0.5, 0.6) is 0 Å². The van der Waals surface area contributed by atoms with Crippen LogP contribution in [0.3, 0.4) is 0 Å². The van der Waals surface area contributed by atoms with Crippen molar-refractivity contribution in [2.75, 3.05) is 0 Å². The topological polar surface area (TPSA) is 107 Å². The number of carbonyl (C=O) groups excluding carboxylic acids is 1. The van der Waals surface area contributed by atoms with E-state index in [2.05, 4.69) is 55.6 Å². The van der Waals surface area contributed by atoms with Crippen molar-refractivity contribution >= 4 is 38.7 Å². The summed E-state index contributed by atoms with van der Waals surface area (Å²) >= 11 is 2.81. The number of nitrogens with one attached hydrogen (secondary N) is 1. The third-order valence-corrected chi connectivity index (χ3v) is 8.83. The second kappa shape index (κ2) is 9.36. The molecule has 2 amide bonds. The van der Waals surface area contributed by atoms with Gasteiger partial charge in [0.25, 0.3) is 10.0 Å². The van der Waals surface area contributed by atoms with Gasteiger partial charge in [0, 0.05) is 40.5 Å². The number of rotatable bonds is 8. The van der Waals surface area contributed by atoms with Gasteiger partial charge < -0.3 is 10.3 Å². The Hall–Kier alpha value is -2.17. The molecule has 3 heterocycles. The van der Waals surface area contributed by atoms with Crippen molar-refractivity contribution in [2.45, 2.75) is 63.6 Å². The fraction of sp³-hybridized carbons (Fsp3) is 0.455. The Labute approximate surface area is 197 Å². The van der Waals surface area contributed by atoms with Gasteiger partial charge >= 0.3 is 6.03 Å². The Morgan fingerprint density at radius 3 is 2.59 bits per heavy atom. The van der Waals surface area contributed by atoms with Crippen molar-refractivity contribution in [1.82, 2.24) is 14.3 Å². The van der Waals surface area contributed by atoms with Gasteiger partial charge in [0.05, 0.1) is 0 Å². The van der Waals surface area contributed by atoms with E-state index in [1.54, 1.807) is 11.3 Å². The van der Waals surface area contributed by atoms with Crippen LogP contribution in [0.15, 0.2) is 34.1 Å². The van der Waals surface area contributed by atoms with Gasteiger partial charge in [-0.1, -0.05) is 34.6 Å². The second-order valence-electron chi connectivity index (χ2n) is 9.32. The van der Waals surface area contributed by atoms with E-state index in [1.165, 1.54) is 11.3 Å². The Kier molecular flexibility index (Phi) is 7.16. The lowest BCUT2D eigenvalue weighted by Crippen LogP contribution is -2.34. The molecule has 7 nitrogen and oxygen atoms in total. The van der Waals surface area contributed by atoms with Gasteiger partial charge in [-0.3, -0.25) is 0 Å². The number of primary amides is 1. The van der Waals surface area contributed by atoms with Gasteiger partial charge in [-0.2, -0.15) is 0 Å². The lowest BCUT2D eigenvalue weighted by Gasteiger charge is -2.19. The summed E-state index contributed by atoms with van der Waals surface area (Å²) in [6, 6.07) is 2.96. The molecule has 0 aromatic carbocycles.